The molecule has 0 spiro atoms. The number of anilines is 1. The summed E-state index contributed by atoms with van der Waals surface area (Å²) in [5, 5.41) is 15.0. The van der Waals surface area contributed by atoms with E-state index in [-0.39, 0.29) is 12.1 Å². The van der Waals surface area contributed by atoms with Crippen molar-refractivity contribution in [2.24, 2.45) is 5.73 Å². The number of thiophene rings is 1. The second kappa shape index (κ2) is 4.63. The summed E-state index contributed by atoms with van der Waals surface area (Å²) < 4.78 is 5.36. The molecular formula is C10H14N4OS. The smallest absolute Gasteiger partial charge is 0.315 e. The zero-order chi connectivity index (χ0) is 11.5. The zero-order valence-electron chi connectivity index (χ0n) is 9.18. The summed E-state index contributed by atoms with van der Waals surface area (Å²) in [5.41, 5.74) is 6.83. The van der Waals surface area contributed by atoms with Crippen molar-refractivity contribution in [2.75, 3.05) is 5.32 Å². The molecule has 86 valence electrons. The molecule has 0 saturated heterocycles. The Hall–Kier alpha value is -1.40. The average Bonchev–Trinajstić information content (AvgIpc) is 2.87. The van der Waals surface area contributed by atoms with Crippen LogP contribution in [0.15, 0.2) is 21.2 Å². The van der Waals surface area contributed by atoms with Crippen LogP contribution in [0.1, 0.15) is 37.4 Å². The van der Waals surface area contributed by atoms with Gasteiger partial charge in [-0.05, 0) is 36.2 Å². The van der Waals surface area contributed by atoms with E-state index >= 15 is 0 Å². The number of rotatable bonds is 4. The summed E-state index contributed by atoms with van der Waals surface area (Å²) in [6.45, 7) is 3.84. The van der Waals surface area contributed by atoms with Gasteiger partial charge in [-0.2, -0.15) is 11.3 Å². The Bertz CT molecular complexity index is 437. The first-order valence-electron chi connectivity index (χ1n) is 5.04. The lowest BCUT2D eigenvalue weighted by atomic mass is 10.2. The van der Waals surface area contributed by atoms with Gasteiger partial charge >= 0.3 is 6.01 Å². The Balaban J connectivity index is 2.03. The second-order valence-corrected chi connectivity index (χ2v) is 4.44. The summed E-state index contributed by atoms with van der Waals surface area (Å²) >= 11 is 1.66. The molecule has 0 aromatic carbocycles. The molecule has 2 rings (SSSR count). The highest BCUT2D eigenvalue weighted by atomic mass is 32.1. The molecule has 2 heterocycles. The van der Waals surface area contributed by atoms with E-state index in [0.717, 1.165) is 0 Å². The predicted octanol–water partition coefficient (Wildman–Crippen LogP) is 2.32. The lowest BCUT2D eigenvalue weighted by Gasteiger charge is -2.09. The van der Waals surface area contributed by atoms with E-state index in [9.17, 15) is 0 Å². The summed E-state index contributed by atoms with van der Waals surface area (Å²) in [6, 6.07) is 2.38. The minimum Gasteiger partial charge on any atom is -0.406 e. The second-order valence-electron chi connectivity index (χ2n) is 3.66. The normalized spacial score (nSPS) is 14.7. The molecule has 0 fully saturated rings. The SMILES string of the molecule is CC(N)c1nnc(NC(C)c2ccsc2)o1. The first kappa shape index (κ1) is 11.1. The molecule has 0 aliphatic carbocycles. The molecule has 0 aliphatic heterocycles. The fraction of sp³-hybridized carbons (Fsp3) is 0.400. The van der Waals surface area contributed by atoms with E-state index in [2.05, 4.69) is 27.0 Å². The van der Waals surface area contributed by atoms with Crippen molar-refractivity contribution in [2.45, 2.75) is 25.9 Å². The number of aromatic nitrogens is 2. The molecule has 0 aliphatic rings. The van der Waals surface area contributed by atoms with E-state index in [1.807, 2.05) is 12.3 Å². The predicted molar refractivity (Wildman–Crippen MR) is 63.3 cm³/mol. The molecule has 3 N–H and O–H groups in total. The van der Waals surface area contributed by atoms with Gasteiger partial charge in [0.15, 0.2) is 0 Å². The first-order valence-corrected chi connectivity index (χ1v) is 5.98. The lowest BCUT2D eigenvalue weighted by molar-refractivity contribution is 0.470. The molecule has 2 unspecified atom stereocenters. The Morgan fingerprint density at radius 1 is 1.44 bits per heavy atom. The van der Waals surface area contributed by atoms with Crippen molar-refractivity contribution in [3.05, 3.63) is 28.3 Å². The van der Waals surface area contributed by atoms with Gasteiger partial charge in [-0.15, -0.1) is 5.10 Å². The largest absolute Gasteiger partial charge is 0.406 e. The monoisotopic (exact) mass is 238 g/mol. The van der Waals surface area contributed by atoms with Crippen LogP contribution in [-0.4, -0.2) is 10.2 Å². The molecule has 2 atom stereocenters. The fourth-order valence-corrected chi connectivity index (χ4v) is 2.02. The van der Waals surface area contributed by atoms with Crippen LogP contribution in [-0.2, 0) is 0 Å². The van der Waals surface area contributed by atoms with E-state index in [1.165, 1.54) is 5.56 Å². The Morgan fingerprint density at radius 2 is 2.25 bits per heavy atom. The number of nitrogens with one attached hydrogen (secondary N) is 1. The van der Waals surface area contributed by atoms with Crippen molar-refractivity contribution in [1.82, 2.24) is 10.2 Å². The molecule has 0 radical (unpaired) electrons. The van der Waals surface area contributed by atoms with Gasteiger partial charge in [0.1, 0.15) is 0 Å². The Labute approximate surface area is 97.7 Å². The van der Waals surface area contributed by atoms with Crippen LogP contribution in [0.25, 0.3) is 0 Å². The van der Waals surface area contributed by atoms with E-state index in [4.69, 9.17) is 10.2 Å². The van der Waals surface area contributed by atoms with E-state index in [0.29, 0.717) is 11.9 Å². The third kappa shape index (κ3) is 2.40. The average molecular weight is 238 g/mol. The highest BCUT2D eigenvalue weighted by Crippen LogP contribution is 2.21. The van der Waals surface area contributed by atoms with Crippen molar-refractivity contribution in [3.8, 4) is 0 Å². The van der Waals surface area contributed by atoms with Crippen molar-refractivity contribution in [1.29, 1.82) is 0 Å². The molecule has 2 aromatic heterocycles. The van der Waals surface area contributed by atoms with Crippen molar-refractivity contribution < 1.29 is 4.42 Å². The van der Waals surface area contributed by atoms with E-state index < -0.39 is 0 Å². The molecule has 2 aromatic rings. The van der Waals surface area contributed by atoms with Gasteiger partial charge in [-0.25, -0.2) is 0 Å². The van der Waals surface area contributed by atoms with Gasteiger partial charge in [0, 0.05) is 0 Å². The minimum atomic E-state index is -0.237. The molecule has 0 bridgehead atoms. The number of hydrogen-bond donors (Lipinski definition) is 2. The maximum atomic E-state index is 5.63. The first-order chi connectivity index (χ1) is 7.66. The molecule has 0 saturated carbocycles. The van der Waals surface area contributed by atoms with Gasteiger partial charge in [-0.3, -0.25) is 0 Å². The third-order valence-electron chi connectivity index (χ3n) is 2.21. The molecule has 5 nitrogen and oxygen atoms in total. The van der Waals surface area contributed by atoms with Gasteiger partial charge in [0.05, 0.1) is 12.1 Å². The minimum absolute atomic E-state index is 0.146. The van der Waals surface area contributed by atoms with Crippen LogP contribution < -0.4 is 11.1 Å². The van der Waals surface area contributed by atoms with Crippen LogP contribution in [0.3, 0.4) is 0 Å². The zero-order valence-corrected chi connectivity index (χ0v) is 9.99. The number of nitrogens with zero attached hydrogens (tertiary/aromatic N) is 2. The number of nitrogens with two attached hydrogens (primary N) is 1. The van der Waals surface area contributed by atoms with Crippen LogP contribution in [0.4, 0.5) is 6.01 Å². The molecule has 16 heavy (non-hydrogen) atoms. The molecular weight excluding hydrogens is 224 g/mol. The van der Waals surface area contributed by atoms with Crippen LogP contribution in [0, 0.1) is 0 Å². The molecule has 6 heteroatoms. The van der Waals surface area contributed by atoms with Crippen molar-refractivity contribution in [3.63, 3.8) is 0 Å². The molecule has 0 amide bonds. The Morgan fingerprint density at radius 3 is 2.81 bits per heavy atom. The van der Waals surface area contributed by atoms with Gasteiger partial charge in [0.25, 0.3) is 0 Å². The standard InChI is InChI=1S/C10H14N4OS/c1-6(11)9-13-14-10(15-9)12-7(2)8-3-4-16-5-8/h3-7H,11H2,1-2H3,(H,12,14). The van der Waals surface area contributed by atoms with Crippen LogP contribution in [0.5, 0.6) is 0 Å². The van der Waals surface area contributed by atoms with E-state index in [1.54, 1.807) is 18.3 Å². The highest BCUT2D eigenvalue weighted by molar-refractivity contribution is 7.07. The van der Waals surface area contributed by atoms with Crippen LogP contribution in [0.2, 0.25) is 0 Å². The van der Waals surface area contributed by atoms with Gasteiger partial charge in [-0.1, -0.05) is 5.10 Å². The van der Waals surface area contributed by atoms with Gasteiger partial charge < -0.3 is 15.5 Å². The van der Waals surface area contributed by atoms with Crippen molar-refractivity contribution >= 4 is 17.4 Å². The summed E-state index contributed by atoms with van der Waals surface area (Å²) in [5.74, 6) is 0.444. The maximum absolute atomic E-state index is 5.63. The van der Waals surface area contributed by atoms with Gasteiger partial charge in [0.2, 0.25) is 5.89 Å². The lowest BCUT2D eigenvalue weighted by Crippen LogP contribution is -2.06. The topological polar surface area (TPSA) is 77.0 Å². The highest BCUT2D eigenvalue weighted by Gasteiger charge is 2.12. The van der Waals surface area contributed by atoms with Crippen LogP contribution >= 0.6 is 11.3 Å². The number of hydrogen-bond acceptors (Lipinski definition) is 6. The summed E-state index contributed by atoms with van der Waals surface area (Å²) in [4.78, 5) is 0. The summed E-state index contributed by atoms with van der Waals surface area (Å²) in [6.07, 6.45) is 0. The fourth-order valence-electron chi connectivity index (χ4n) is 1.27. The summed E-state index contributed by atoms with van der Waals surface area (Å²) in [7, 11) is 0. The quantitative estimate of drug-likeness (QED) is 0.854. The maximum Gasteiger partial charge on any atom is 0.315 e. The third-order valence-corrected chi connectivity index (χ3v) is 2.91. The Kier molecular flexibility index (Phi) is 3.21.